The molecule has 0 bridgehead atoms. The number of hydrogen-bond acceptors (Lipinski definition) is 4. The maximum absolute atomic E-state index is 11.6. The molecule has 0 radical (unpaired) electrons. The predicted molar refractivity (Wildman–Crippen MR) is 65.0 cm³/mol. The van der Waals surface area contributed by atoms with Crippen LogP contribution in [0.1, 0.15) is 39.3 Å². The first-order valence-electron chi connectivity index (χ1n) is 5.78. The van der Waals surface area contributed by atoms with E-state index in [4.69, 9.17) is 5.73 Å². The minimum atomic E-state index is -0.104. The summed E-state index contributed by atoms with van der Waals surface area (Å²) in [5.74, 6) is -0.0512. The molecule has 1 atom stereocenters. The smallest absolute Gasteiger partial charge is 0.221 e. The highest BCUT2D eigenvalue weighted by Gasteiger charge is 2.18. The third kappa shape index (κ3) is 6.06. The van der Waals surface area contributed by atoms with Gasteiger partial charge in [0.2, 0.25) is 5.91 Å². The molecule has 0 fully saturated rings. The largest absolute Gasteiger partial charge is 0.364 e. The fraction of sp³-hybridized carbons (Fsp3) is 0.667. The van der Waals surface area contributed by atoms with Gasteiger partial charge >= 0.3 is 0 Å². The topological polar surface area (TPSA) is 81.2 Å². The summed E-state index contributed by atoms with van der Waals surface area (Å²) in [5.41, 5.74) is 6.77. The van der Waals surface area contributed by atoms with E-state index < -0.39 is 0 Å². The van der Waals surface area contributed by atoms with Gasteiger partial charge in [-0.1, -0.05) is 25.9 Å². The van der Waals surface area contributed by atoms with Crippen molar-refractivity contribution in [2.24, 2.45) is 11.1 Å². The van der Waals surface area contributed by atoms with Crippen LogP contribution < -0.4 is 11.1 Å². The van der Waals surface area contributed by atoms with Gasteiger partial charge in [0.15, 0.2) is 0 Å². The zero-order valence-electron chi connectivity index (χ0n) is 10.7. The molecular weight excluding hydrogens is 218 g/mol. The summed E-state index contributed by atoms with van der Waals surface area (Å²) in [4.78, 5) is 11.6. The van der Waals surface area contributed by atoms with Gasteiger partial charge in [0.25, 0.3) is 0 Å². The molecule has 1 aromatic rings. The lowest BCUT2D eigenvalue weighted by Gasteiger charge is -2.22. The normalized spacial score (nSPS) is 13.4. The molecule has 0 aliphatic heterocycles. The second-order valence-corrected chi connectivity index (χ2v) is 5.50. The first kappa shape index (κ1) is 13.7. The Hall–Kier alpha value is -1.36. The lowest BCUT2D eigenvalue weighted by molar-refractivity contribution is -0.121. The van der Waals surface area contributed by atoms with Crippen molar-refractivity contribution in [2.75, 3.05) is 0 Å². The Labute approximate surface area is 102 Å². The van der Waals surface area contributed by atoms with Gasteiger partial charge in [-0.05, 0) is 11.8 Å². The number of nitrogens with one attached hydrogen (secondary N) is 1. The molecule has 3 N–H and O–H groups in total. The SMILES string of the molecule is CC(C)(C)CC(N)CC(=O)NCc1ccon1. The standard InChI is InChI=1S/C12H21N3O2/c1-12(2,3)7-9(13)6-11(16)14-8-10-4-5-17-15-10/h4-5,9H,6-8,13H2,1-3H3,(H,14,16). The van der Waals surface area contributed by atoms with Crippen molar-refractivity contribution in [3.8, 4) is 0 Å². The predicted octanol–water partition coefficient (Wildman–Crippen LogP) is 1.44. The molecule has 1 amide bonds. The molecule has 0 aromatic carbocycles. The van der Waals surface area contributed by atoms with Crippen molar-refractivity contribution >= 4 is 5.91 Å². The summed E-state index contributed by atoms with van der Waals surface area (Å²) >= 11 is 0. The average Bonchev–Trinajstić information content (AvgIpc) is 2.63. The Kier molecular flexibility index (Phi) is 4.69. The average molecular weight is 239 g/mol. The zero-order chi connectivity index (χ0) is 12.9. The van der Waals surface area contributed by atoms with Gasteiger partial charge in [0.1, 0.15) is 12.0 Å². The van der Waals surface area contributed by atoms with Crippen molar-refractivity contribution in [3.63, 3.8) is 0 Å². The number of hydrogen-bond donors (Lipinski definition) is 2. The number of aromatic nitrogens is 1. The van der Waals surface area contributed by atoms with Crippen LogP contribution in [0, 0.1) is 5.41 Å². The van der Waals surface area contributed by atoms with Crippen LogP contribution in [-0.2, 0) is 11.3 Å². The summed E-state index contributed by atoms with van der Waals surface area (Å²) in [6, 6.07) is 1.61. The number of amides is 1. The second-order valence-electron chi connectivity index (χ2n) is 5.50. The van der Waals surface area contributed by atoms with Crippen LogP contribution in [0.3, 0.4) is 0 Å². The van der Waals surface area contributed by atoms with Gasteiger partial charge in [-0.3, -0.25) is 4.79 Å². The lowest BCUT2D eigenvalue weighted by atomic mass is 9.87. The molecule has 5 heteroatoms. The highest BCUT2D eigenvalue weighted by molar-refractivity contribution is 5.76. The van der Waals surface area contributed by atoms with Crippen molar-refractivity contribution in [3.05, 3.63) is 18.0 Å². The first-order chi connectivity index (χ1) is 7.87. The Balaban J connectivity index is 2.25. The van der Waals surface area contributed by atoms with E-state index in [9.17, 15) is 4.79 Å². The van der Waals surface area contributed by atoms with Crippen molar-refractivity contribution in [1.29, 1.82) is 0 Å². The van der Waals surface area contributed by atoms with Crippen LogP contribution in [0.4, 0.5) is 0 Å². The van der Waals surface area contributed by atoms with E-state index >= 15 is 0 Å². The van der Waals surface area contributed by atoms with Gasteiger partial charge in [-0.2, -0.15) is 0 Å². The fourth-order valence-corrected chi connectivity index (χ4v) is 1.69. The van der Waals surface area contributed by atoms with Crippen LogP contribution in [0.15, 0.2) is 16.9 Å². The molecule has 1 aromatic heterocycles. The number of carbonyl (C=O) groups excluding carboxylic acids is 1. The first-order valence-corrected chi connectivity index (χ1v) is 5.78. The third-order valence-corrected chi connectivity index (χ3v) is 2.28. The third-order valence-electron chi connectivity index (χ3n) is 2.28. The van der Waals surface area contributed by atoms with Crippen LogP contribution in [0.25, 0.3) is 0 Å². The van der Waals surface area contributed by atoms with Gasteiger partial charge in [-0.25, -0.2) is 0 Å². The molecule has 0 saturated heterocycles. The zero-order valence-corrected chi connectivity index (χ0v) is 10.7. The molecule has 17 heavy (non-hydrogen) atoms. The fourth-order valence-electron chi connectivity index (χ4n) is 1.69. The highest BCUT2D eigenvalue weighted by atomic mass is 16.5. The highest BCUT2D eigenvalue weighted by Crippen LogP contribution is 2.20. The minimum Gasteiger partial charge on any atom is -0.364 e. The van der Waals surface area contributed by atoms with E-state index in [2.05, 4.69) is 35.8 Å². The monoisotopic (exact) mass is 239 g/mol. The minimum absolute atomic E-state index is 0.0512. The molecule has 0 spiro atoms. The quantitative estimate of drug-likeness (QED) is 0.814. The molecule has 1 rings (SSSR count). The molecular formula is C12H21N3O2. The summed E-state index contributed by atoms with van der Waals surface area (Å²) in [5, 5.41) is 6.47. The maximum atomic E-state index is 11.6. The molecule has 0 aliphatic carbocycles. The Morgan fingerprint density at radius 1 is 1.59 bits per heavy atom. The van der Waals surface area contributed by atoms with E-state index in [-0.39, 0.29) is 17.4 Å². The van der Waals surface area contributed by atoms with Crippen LogP contribution >= 0.6 is 0 Å². The number of nitrogens with zero attached hydrogens (tertiary/aromatic N) is 1. The molecule has 1 unspecified atom stereocenters. The number of rotatable bonds is 5. The Bertz CT molecular complexity index is 341. The van der Waals surface area contributed by atoms with Gasteiger partial charge in [0.05, 0.1) is 6.54 Å². The van der Waals surface area contributed by atoms with E-state index in [1.54, 1.807) is 6.07 Å². The van der Waals surface area contributed by atoms with E-state index in [1.807, 2.05) is 0 Å². The van der Waals surface area contributed by atoms with Crippen molar-refractivity contribution in [1.82, 2.24) is 10.5 Å². The summed E-state index contributed by atoms with van der Waals surface area (Å²) in [7, 11) is 0. The number of nitrogens with two attached hydrogens (primary N) is 1. The van der Waals surface area contributed by atoms with Crippen LogP contribution in [-0.4, -0.2) is 17.1 Å². The lowest BCUT2D eigenvalue weighted by Crippen LogP contribution is -2.34. The van der Waals surface area contributed by atoms with Crippen molar-refractivity contribution < 1.29 is 9.32 Å². The van der Waals surface area contributed by atoms with Crippen LogP contribution in [0.2, 0.25) is 0 Å². The summed E-state index contributed by atoms with van der Waals surface area (Å²) < 4.78 is 4.67. The van der Waals surface area contributed by atoms with Gasteiger partial charge < -0.3 is 15.6 Å². The maximum Gasteiger partial charge on any atom is 0.221 e. The Morgan fingerprint density at radius 2 is 2.29 bits per heavy atom. The summed E-state index contributed by atoms with van der Waals surface area (Å²) in [6.45, 7) is 6.72. The molecule has 96 valence electrons. The number of carbonyl (C=O) groups is 1. The van der Waals surface area contributed by atoms with Crippen molar-refractivity contribution in [2.45, 2.75) is 46.2 Å². The second kappa shape index (κ2) is 5.82. The molecule has 0 saturated carbocycles. The van der Waals surface area contributed by atoms with E-state index in [1.165, 1.54) is 6.26 Å². The Morgan fingerprint density at radius 3 is 2.82 bits per heavy atom. The van der Waals surface area contributed by atoms with Gasteiger partial charge in [-0.15, -0.1) is 0 Å². The van der Waals surface area contributed by atoms with Crippen LogP contribution in [0.5, 0.6) is 0 Å². The van der Waals surface area contributed by atoms with E-state index in [0.717, 1.165) is 6.42 Å². The molecule has 5 nitrogen and oxygen atoms in total. The van der Waals surface area contributed by atoms with Gasteiger partial charge in [0, 0.05) is 18.5 Å². The van der Waals surface area contributed by atoms with E-state index in [0.29, 0.717) is 18.7 Å². The summed E-state index contributed by atoms with van der Waals surface area (Å²) in [6.07, 6.45) is 2.65. The molecule has 1 heterocycles. The molecule has 0 aliphatic rings.